The Morgan fingerprint density at radius 2 is 1.50 bits per heavy atom. The van der Waals surface area contributed by atoms with Crippen LogP contribution in [0.5, 0.6) is 0 Å². The first kappa shape index (κ1) is 11.8. The molecule has 0 aromatic heterocycles. The number of hydrogen-bond donors (Lipinski definition) is 7. The van der Waals surface area contributed by atoms with Gasteiger partial charge in [-0.05, 0) is 0 Å². The highest BCUT2D eigenvalue weighted by Gasteiger charge is 2.56. The summed E-state index contributed by atoms with van der Waals surface area (Å²) in [6.45, 7) is -0.965. The van der Waals surface area contributed by atoms with Crippen LogP contribution in [0.2, 0.25) is 0 Å². The number of hydrogen-bond acceptors (Lipinski definition) is 7. The summed E-state index contributed by atoms with van der Waals surface area (Å²) in [5.74, 6) is 0. The molecule has 0 aromatic rings. The van der Waals surface area contributed by atoms with E-state index in [1.165, 1.54) is 0 Å². The molecule has 7 nitrogen and oxygen atoms in total. The molecule has 1 aliphatic rings. The molecule has 0 aromatic carbocycles. The normalized spacial score (nSPS) is 54.6. The van der Waals surface area contributed by atoms with Gasteiger partial charge in [-0.15, -0.1) is 0 Å². The summed E-state index contributed by atoms with van der Waals surface area (Å²) >= 11 is 0. The molecule has 0 bridgehead atoms. The Balaban J connectivity index is 2.98. The maximum atomic E-state index is 9.57. The van der Waals surface area contributed by atoms with E-state index >= 15 is 0 Å². The molecule has 0 spiro atoms. The van der Waals surface area contributed by atoms with Crippen molar-refractivity contribution in [2.75, 3.05) is 6.61 Å². The van der Waals surface area contributed by atoms with Crippen molar-refractivity contribution in [2.45, 2.75) is 36.1 Å². The largest absolute Gasteiger partial charge is 0.393 e. The van der Waals surface area contributed by atoms with E-state index in [0.29, 0.717) is 0 Å². The van der Waals surface area contributed by atoms with Crippen LogP contribution < -0.4 is 5.73 Å². The molecular formula is C7H15NO6. The fourth-order valence-electron chi connectivity index (χ4n) is 1.59. The van der Waals surface area contributed by atoms with Gasteiger partial charge in [0.25, 0.3) is 0 Å². The number of rotatable bonds is 1. The number of aliphatic hydroxyl groups excluding tert-OH is 5. The third-order valence-corrected chi connectivity index (χ3v) is 2.71. The van der Waals surface area contributed by atoms with E-state index in [4.69, 9.17) is 10.8 Å². The zero-order valence-corrected chi connectivity index (χ0v) is 7.35. The summed E-state index contributed by atoms with van der Waals surface area (Å²) in [6.07, 6.45) is -6.81. The second kappa shape index (κ2) is 3.70. The molecule has 0 unspecified atom stereocenters. The Morgan fingerprint density at radius 1 is 1.00 bits per heavy atom. The fourth-order valence-corrected chi connectivity index (χ4v) is 1.59. The van der Waals surface area contributed by atoms with E-state index in [1.54, 1.807) is 0 Å². The van der Waals surface area contributed by atoms with Crippen LogP contribution in [0.4, 0.5) is 0 Å². The minimum absolute atomic E-state index is 0.965. The zero-order chi connectivity index (χ0) is 11.1. The monoisotopic (exact) mass is 209 g/mol. The summed E-state index contributed by atoms with van der Waals surface area (Å²) in [4.78, 5) is 0. The first-order chi connectivity index (χ1) is 6.36. The van der Waals surface area contributed by atoms with Gasteiger partial charge in [0, 0.05) is 0 Å². The van der Waals surface area contributed by atoms with Crippen molar-refractivity contribution < 1.29 is 30.6 Å². The summed E-state index contributed by atoms with van der Waals surface area (Å²) in [6, 6.07) is -1.33. The predicted octanol–water partition coefficient (Wildman–Crippen LogP) is -4.51. The zero-order valence-electron chi connectivity index (χ0n) is 7.35. The Bertz CT molecular complexity index is 196. The van der Waals surface area contributed by atoms with Crippen LogP contribution in [0.15, 0.2) is 0 Å². The average molecular weight is 209 g/mol. The van der Waals surface area contributed by atoms with Crippen molar-refractivity contribution in [2.24, 2.45) is 5.73 Å². The van der Waals surface area contributed by atoms with Crippen molar-refractivity contribution in [1.29, 1.82) is 0 Å². The SMILES string of the molecule is N[C@@H]1[C@H](O)[C@@H](O)[C@H](O)[C@](O)(CO)[C@H]1O. The van der Waals surface area contributed by atoms with Crippen molar-refractivity contribution in [3.63, 3.8) is 0 Å². The van der Waals surface area contributed by atoms with Gasteiger partial charge in [0.15, 0.2) is 0 Å². The molecule has 0 radical (unpaired) electrons. The fraction of sp³-hybridized carbons (Fsp3) is 1.00. The molecule has 8 N–H and O–H groups in total. The lowest BCUT2D eigenvalue weighted by molar-refractivity contribution is -0.248. The summed E-state index contributed by atoms with van der Waals surface area (Å²) in [5.41, 5.74) is 2.98. The summed E-state index contributed by atoms with van der Waals surface area (Å²) in [7, 11) is 0. The molecule has 6 atom stereocenters. The predicted molar refractivity (Wildman–Crippen MR) is 44.0 cm³/mol. The standard InChI is InChI=1S/C7H15NO6/c8-2-3(10)4(11)6(13)7(14,1-9)5(2)12/h2-6,9-14H,1,8H2/t2-,3+,4-,5+,6+,7+/m1/s1. The molecule has 14 heavy (non-hydrogen) atoms. The van der Waals surface area contributed by atoms with E-state index in [9.17, 15) is 25.5 Å². The van der Waals surface area contributed by atoms with Crippen molar-refractivity contribution in [3.8, 4) is 0 Å². The third kappa shape index (κ3) is 1.43. The molecule has 0 saturated heterocycles. The first-order valence-corrected chi connectivity index (χ1v) is 4.17. The second-order valence-corrected chi connectivity index (χ2v) is 3.60. The maximum Gasteiger partial charge on any atom is 0.143 e. The molecule has 0 aliphatic heterocycles. The first-order valence-electron chi connectivity index (χ1n) is 4.17. The molecule has 7 heteroatoms. The Kier molecular flexibility index (Phi) is 3.12. The smallest absolute Gasteiger partial charge is 0.143 e. The molecule has 0 heterocycles. The van der Waals surface area contributed by atoms with Gasteiger partial charge in [-0.1, -0.05) is 0 Å². The van der Waals surface area contributed by atoms with E-state index < -0.39 is 42.7 Å². The average Bonchev–Trinajstić information content (AvgIpc) is 2.21. The van der Waals surface area contributed by atoms with Crippen LogP contribution in [0.1, 0.15) is 0 Å². The van der Waals surface area contributed by atoms with Gasteiger partial charge >= 0.3 is 0 Å². The van der Waals surface area contributed by atoms with Gasteiger partial charge in [0.2, 0.25) is 0 Å². The molecule has 1 aliphatic carbocycles. The summed E-state index contributed by atoms with van der Waals surface area (Å²) in [5, 5.41) is 55.5. The Morgan fingerprint density at radius 3 is 1.93 bits per heavy atom. The van der Waals surface area contributed by atoms with Gasteiger partial charge in [-0.3, -0.25) is 0 Å². The van der Waals surface area contributed by atoms with Crippen LogP contribution in [-0.4, -0.2) is 73.3 Å². The molecule has 84 valence electrons. The third-order valence-electron chi connectivity index (χ3n) is 2.71. The lowest BCUT2D eigenvalue weighted by atomic mass is 9.74. The molecule has 1 fully saturated rings. The number of nitrogens with two attached hydrogens (primary N) is 1. The van der Waals surface area contributed by atoms with Crippen molar-refractivity contribution in [3.05, 3.63) is 0 Å². The van der Waals surface area contributed by atoms with E-state index in [1.807, 2.05) is 0 Å². The van der Waals surface area contributed by atoms with Crippen molar-refractivity contribution in [1.82, 2.24) is 0 Å². The summed E-state index contributed by atoms with van der Waals surface area (Å²) < 4.78 is 0. The number of aliphatic hydroxyl groups is 6. The van der Waals surface area contributed by atoms with Crippen LogP contribution in [-0.2, 0) is 0 Å². The molecule has 0 amide bonds. The van der Waals surface area contributed by atoms with E-state index in [2.05, 4.69) is 0 Å². The highest BCUT2D eigenvalue weighted by Crippen LogP contribution is 2.28. The second-order valence-electron chi connectivity index (χ2n) is 3.60. The molecule has 1 rings (SSSR count). The van der Waals surface area contributed by atoms with Gasteiger partial charge in [0.05, 0.1) is 12.6 Å². The van der Waals surface area contributed by atoms with Crippen LogP contribution in [0.3, 0.4) is 0 Å². The lowest BCUT2D eigenvalue weighted by Crippen LogP contribution is -2.74. The Hall–Kier alpha value is -0.280. The van der Waals surface area contributed by atoms with Gasteiger partial charge in [0.1, 0.15) is 30.0 Å². The topological polar surface area (TPSA) is 147 Å². The minimum Gasteiger partial charge on any atom is -0.393 e. The highest BCUT2D eigenvalue weighted by molar-refractivity contribution is 5.09. The van der Waals surface area contributed by atoms with Gasteiger partial charge < -0.3 is 36.4 Å². The van der Waals surface area contributed by atoms with Crippen LogP contribution >= 0.6 is 0 Å². The maximum absolute atomic E-state index is 9.57. The van der Waals surface area contributed by atoms with Crippen LogP contribution in [0, 0.1) is 0 Å². The molecule has 1 saturated carbocycles. The lowest BCUT2D eigenvalue weighted by Gasteiger charge is -2.47. The van der Waals surface area contributed by atoms with Crippen molar-refractivity contribution >= 4 is 0 Å². The van der Waals surface area contributed by atoms with Gasteiger partial charge in [-0.2, -0.15) is 0 Å². The van der Waals surface area contributed by atoms with E-state index in [-0.39, 0.29) is 0 Å². The Labute approximate surface area is 80.0 Å². The van der Waals surface area contributed by atoms with E-state index in [0.717, 1.165) is 0 Å². The minimum atomic E-state index is -2.31. The van der Waals surface area contributed by atoms with Crippen LogP contribution in [0.25, 0.3) is 0 Å². The molecular weight excluding hydrogens is 194 g/mol. The quantitative estimate of drug-likeness (QED) is 0.230. The van der Waals surface area contributed by atoms with Gasteiger partial charge in [-0.25, -0.2) is 0 Å². The highest BCUT2D eigenvalue weighted by atomic mass is 16.4.